The molecule has 0 fully saturated rings. The highest BCUT2D eigenvalue weighted by Crippen LogP contribution is 2.30. The van der Waals surface area contributed by atoms with Crippen molar-refractivity contribution >= 4 is 23.0 Å². The van der Waals surface area contributed by atoms with Crippen molar-refractivity contribution in [2.24, 2.45) is 0 Å². The van der Waals surface area contributed by atoms with Gasteiger partial charge in [0.15, 0.2) is 0 Å². The Hall–Kier alpha value is -1.33. The average Bonchev–Trinajstić information content (AvgIpc) is 2.29. The van der Waals surface area contributed by atoms with Gasteiger partial charge in [-0.25, -0.2) is 0 Å². The number of hydrogen-bond acceptors (Lipinski definition) is 4. The SMILES string of the molecule is CNCCCN(C)c1ccc(Cl)cc1[N+](=O)[O-]. The quantitative estimate of drug-likeness (QED) is 0.483. The van der Waals surface area contributed by atoms with E-state index in [1.165, 1.54) is 6.07 Å². The molecule has 94 valence electrons. The highest BCUT2D eigenvalue weighted by atomic mass is 35.5. The third kappa shape index (κ3) is 3.87. The molecule has 0 saturated heterocycles. The summed E-state index contributed by atoms with van der Waals surface area (Å²) >= 11 is 5.76. The summed E-state index contributed by atoms with van der Waals surface area (Å²) in [6, 6.07) is 4.73. The molecule has 0 bridgehead atoms. The fourth-order valence-electron chi connectivity index (χ4n) is 1.58. The van der Waals surface area contributed by atoms with Crippen molar-refractivity contribution in [1.29, 1.82) is 0 Å². The molecule has 1 aromatic carbocycles. The lowest BCUT2D eigenvalue weighted by Crippen LogP contribution is -2.22. The van der Waals surface area contributed by atoms with Crippen molar-refractivity contribution in [1.82, 2.24) is 5.32 Å². The first-order valence-electron chi connectivity index (χ1n) is 5.36. The van der Waals surface area contributed by atoms with Crippen LogP contribution < -0.4 is 10.2 Å². The van der Waals surface area contributed by atoms with E-state index in [1.807, 2.05) is 19.0 Å². The minimum Gasteiger partial charge on any atom is -0.369 e. The summed E-state index contributed by atoms with van der Waals surface area (Å²) in [5, 5.41) is 14.3. The van der Waals surface area contributed by atoms with Crippen molar-refractivity contribution in [3.8, 4) is 0 Å². The zero-order valence-electron chi connectivity index (χ0n) is 9.94. The Morgan fingerprint density at radius 2 is 2.24 bits per heavy atom. The van der Waals surface area contributed by atoms with Crippen LogP contribution in [-0.2, 0) is 0 Å². The lowest BCUT2D eigenvalue weighted by Gasteiger charge is -2.19. The number of anilines is 1. The largest absolute Gasteiger partial charge is 0.369 e. The van der Waals surface area contributed by atoms with E-state index in [0.29, 0.717) is 10.7 Å². The van der Waals surface area contributed by atoms with Gasteiger partial charge in [0.2, 0.25) is 0 Å². The summed E-state index contributed by atoms with van der Waals surface area (Å²) in [6.07, 6.45) is 0.923. The zero-order chi connectivity index (χ0) is 12.8. The molecule has 17 heavy (non-hydrogen) atoms. The van der Waals surface area contributed by atoms with Crippen LogP contribution in [0.3, 0.4) is 0 Å². The van der Waals surface area contributed by atoms with Gasteiger partial charge in [-0.1, -0.05) is 11.6 Å². The molecule has 0 aromatic heterocycles. The van der Waals surface area contributed by atoms with Crippen molar-refractivity contribution < 1.29 is 4.92 Å². The van der Waals surface area contributed by atoms with Gasteiger partial charge < -0.3 is 10.2 Å². The van der Waals surface area contributed by atoms with E-state index < -0.39 is 4.92 Å². The van der Waals surface area contributed by atoms with Gasteiger partial charge in [-0.05, 0) is 32.1 Å². The molecule has 1 N–H and O–H groups in total. The van der Waals surface area contributed by atoms with Crippen molar-refractivity contribution in [2.45, 2.75) is 6.42 Å². The van der Waals surface area contributed by atoms with E-state index in [-0.39, 0.29) is 5.69 Å². The molecule has 0 atom stereocenters. The molecule has 0 amide bonds. The predicted octanol–water partition coefficient (Wildman–Crippen LogP) is 2.29. The number of nitro groups is 1. The molecule has 1 aromatic rings. The molecule has 1 rings (SSSR count). The van der Waals surface area contributed by atoms with Gasteiger partial charge in [0.1, 0.15) is 5.69 Å². The Bertz CT molecular complexity index is 398. The number of benzene rings is 1. The molecule has 0 spiro atoms. The maximum absolute atomic E-state index is 10.9. The number of nitrogens with one attached hydrogen (secondary N) is 1. The van der Waals surface area contributed by atoms with Crippen LogP contribution >= 0.6 is 11.6 Å². The van der Waals surface area contributed by atoms with Crippen LogP contribution in [0.2, 0.25) is 5.02 Å². The van der Waals surface area contributed by atoms with E-state index in [1.54, 1.807) is 12.1 Å². The maximum Gasteiger partial charge on any atom is 0.294 e. The second kappa shape index (κ2) is 6.42. The Kier molecular flexibility index (Phi) is 5.18. The second-order valence-electron chi connectivity index (χ2n) is 3.77. The first kappa shape index (κ1) is 13.7. The van der Waals surface area contributed by atoms with Crippen LogP contribution in [0.15, 0.2) is 18.2 Å². The molecule has 0 radical (unpaired) electrons. The molecule has 0 aliphatic heterocycles. The van der Waals surface area contributed by atoms with Crippen molar-refractivity contribution in [3.63, 3.8) is 0 Å². The Morgan fingerprint density at radius 3 is 2.82 bits per heavy atom. The van der Waals surface area contributed by atoms with Gasteiger partial charge in [0.25, 0.3) is 5.69 Å². The summed E-state index contributed by atoms with van der Waals surface area (Å²) in [7, 11) is 3.72. The van der Waals surface area contributed by atoms with Crippen LogP contribution in [0.1, 0.15) is 6.42 Å². The summed E-state index contributed by atoms with van der Waals surface area (Å²) in [5.74, 6) is 0. The van der Waals surface area contributed by atoms with Gasteiger partial charge in [0.05, 0.1) is 4.92 Å². The molecule has 5 nitrogen and oxygen atoms in total. The minimum absolute atomic E-state index is 0.0458. The Balaban J connectivity index is 2.84. The molecule has 0 aliphatic rings. The van der Waals surface area contributed by atoms with E-state index in [4.69, 9.17) is 11.6 Å². The smallest absolute Gasteiger partial charge is 0.294 e. The molecule has 0 saturated carbocycles. The lowest BCUT2D eigenvalue weighted by atomic mass is 10.2. The molecule has 0 aliphatic carbocycles. The van der Waals surface area contributed by atoms with Gasteiger partial charge in [-0.3, -0.25) is 10.1 Å². The average molecular weight is 258 g/mol. The minimum atomic E-state index is -0.407. The van der Waals surface area contributed by atoms with Crippen molar-refractivity contribution in [3.05, 3.63) is 33.3 Å². The van der Waals surface area contributed by atoms with E-state index in [2.05, 4.69) is 5.32 Å². The number of nitro benzene ring substituents is 1. The monoisotopic (exact) mass is 257 g/mol. The van der Waals surface area contributed by atoms with Gasteiger partial charge in [-0.2, -0.15) is 0 Å². The fourth-order valence-corrected chi connectivity index (χ4v) is 1.75. The third-order valence-corrected chi connectivity index (χ3v) is 2.70. The standard InChI is InChI=1S/C11H16ClN3O2/c1-13-6-3-7-14(2)10-5-4-9(12)8-11(10)15(16)17/h4-5,8,13H,3,6-7H2,1-2H3. The van der Waals surface area contributed by atoms with Crippen molar-refractivity contribution in [2.75, 3.05) is 32.1 Å². The van der Waals surface area contributed by atoms with Crippen LogP contribution in [0.5, 0.6) is 0 Å². The van der Waals surface area contributed by atoms with Gasteiger partial charge >= 0.3 is 0 Å². The first-order chi connectivity index (χ1) is 8.06. The van der Waals surface area contributed by atoms with Crippen LogP contribution in [-0.4, -0.2) is 32.1 Å². The fraction of sp³-hybridized carbons (Fsp3) is 0.455. The number of hydrogen-bond donors (Lipinski definition) is 1. The van der Waals surface area contributed by atoms with Crippen LogP contribution in [0, 0.1) is 10.1 Å². The van der Waals surface area contributed by atoms with Crippen LogP contribution in [0.25, 0.3) is 0 Å². The predicted molar refractivity (Wildman–Crippen MR) is 69.9 cm³/mol. The topological polar surface area (TPSA) is 58.4 Å². The normalized spacial score (nSPS) is 10.3. The molecular weight excluding hydrogens is 242 g/mol. The maximum atomic E-state index is 10.9. The zero-order valence-corrected chi connectivity index (χ0v) is 10.7. The number of halogens is 1. The third-order valence-electron chi connectivity index (χ3n) is 2.47. The summed E-state index contributed by atoms with van der Waals surface area (Å²) in [5.41, 5.74) is 0.639. The Labute approximate surface area is 106 Å². The Morgan fingerprint density at radius 1 is 1.53 bits per heavy atom. The van der Waals surface area contributed by atoms with Gasteiger partial charge in [-0.15, -0.1) is 0 Å². The second-order valence-corrected chi connectivity index (χ2v) is 4.21. The van der Waals surface area contributed by atoms with E-state index in [0.717, 1.165) is 19.5 Å². The highest BCUT2D eigenvalue weighted by Gasteiger charge is 2.17. The molecule has 0 unspecified atom stereocenters. The van der Waals surface area contributed by atoms with E-state index in [9.17, 15) is 10.1 Å². The first-order valence-corrected chi connectivity index (χ1v) is 5.73. The number of nitrogens with zero attached hydrogens (tertiary/aromatic N) is 2. The molecule has 6 heteroatoms. The summed E-state index contributed by atoms with van der Waals surface area (Å²) in [4.78, 5) is 12.4. The van der Waals surface area contributed by atoms with Gasteiger partial charge in [0, 0.05) is 24.7 Å². The molecule has 0 heterocycles. The molecular formula is C11H16ClN3O2. The van der Waals surface area contributed by atoms with E-state index >= 15 is 0 Å². The van der Waals surface area contributed by atoms with Crippen LogP contribution in [0.4, 0.5) is 11.4 Å². The summed E-state index contributed by atoms with van der Waals surface area (Å²) < 4.78 is 0. The summed E-state index contributed by atoms with van der Waals surface area (Å²) in [6.45, 7) is 1.63. The number of rotatable bonds is 6. The highest BCUT2D eigenvalue weighted by molar-refractivity contribution is 6.30. The lowest BCUT2D eigenvalue weighted by molar-refractivity contribution is -0.384.